The van der Waals surface area contributed by atoms with Crippen molar-refractivity contribution in [2.45, 2.75) is 25.8 Å². The van der Waals surface area contributed by atoms with Gasteiger partial charge in [0.25, 0.3) is 0 Å². The molecule has 0 radical (unpaired) electrons. The monoisotopic (exact) mass is 391 g/mol. The summed E-state index contributed by atoms with van der Waals surface area (Å²) in [5.41, 5.74) is 9.90. The Kier molecular flexibility index (Phi) is 5.39. The van der Waals surface area contributed by atoms with Crippen molar-refractivity contribution in [3.05, 3.63) is 48.7 Å². The first kappa shape index (κ1) is 19.6. The van der Waals surface area contributed by atoms with Crippen molar-refractivity contribution in [3.8, 4) is 16.9 Å². The van der Waals surface area contributed by atoms with Gasteiger partial charge in [-0.25, -0.2) is 4.98 Å². The predicted octanol–water partition coefficient (Wildman–Crippen LogP) is 3.25. The second-order valence-corrected chi connectivity index (χ2v) is 8.55. The molecular weight excluding hydrogens is 362 g/mol. The number of nitrogens with two attached hydrogens (primary N) is 1. The number of fused-ring (bicyclic) bond motifs is 1. The van der Waals surface area contributed by atoms with E-state index in [9.17, 15) is 5.11 Å². The molecule has 0 spiro atoms. The zero-order valence-electron chi connectivity index (χ0n) is 17.2. The molecule has 2 aromatic carbocycles. The largest absolute Gasteiger partial charge is 0.508 e. The van der Waals surface area contributed by atoms with E-state index in [1.807, 2.05) is 30.5 Å². The first-order valence-corrected chi connectivity index (χ1v) is 10.2. The normalized spacial score (nSPS) is 15.8. The SMILES string of the molecule is CC(C)(N)CCN1CCN(c2cnc3ccc(-c4ccc(O)cc4)cc3n2)CC1. The van der Waals surface area contributed by atoms with Crippen LogP contribution in [0.15, 0.2) is 48.7 Å². The van der Waals surface area contributed by atoms with E-state index in [0.717, 1.165) is 67.1 Å². The van der Waals surface area contributed by atoms with E-state index in [-0.39, 0.29) is 11.3 Å². The highest BCUT2D eigenvalue weighted by Crippen LogP contribution is 2.26. The minimum Gasteiger partial charge on any atom is -0.508 e. The number of phenolic OH excluding ortho intramolecular Hbond substituents is 1. The predicted molar refractivity (Wildman–Crippen MR) is 118 cm³/mol. The van der Waals surface area contributed by atoms with Crippen LogP contribution in [0.4, 0.5) is 5.82 Å². The van der Waals surface area contributed by atoms with Crippen LogP contribution in [-0.2, 0) is 0 Å². The molecule has 0 unspecified atom stereocenters. The summed E-state index contributed by atoms with van der Waals surface area (Å²) in [6.07, 6.45) is 2.88. The minimum atomic E-state index is -0.115. The molecule has 0 atom stereocenters. The fourth-order valence-electron chi connectivity index (χ4n) is 3.63. The molecule has 2 heterocycles. The second kappa shape index (κ2) is 7.97. The van der Waals surface area contributed by atoms with Gasteiger partial charge in [-0.2, -0.15) is 0 Å². The molecule has 1 aliphatic rings. The Morgan fingerprint density at radius 3 is 2.34 bits per heavy atom. The fraction of sp³-hybridized carbons (Fsp3) is 0.391. The number of aromatic nitrogens is 2. The summed E-state index contributed by atoms with van der Waals surface area (Å²) >= 11 is 0. The third-order valence-electron chi connectivity index (χ3n) is 5.50. The Balaban J connectivity index is 1.48. The van der Waals surface area contributed by atoms with Gasteiger partial charge in [-0.05, 0) is 55.7 Å². The summed E-state index contributed by atoms with van der Waals surface area (Å²) < 4.78 is 0. The van der Waals surface area contributed by atoms with Crippen LogP contribution < -0.4 is 10.6 Å². The van der Waals surface area contributed by atoms with E-state index in [4.69, 9.17) is 10.7 Å². The number of aromatic hydroxyl groups is 1. The van der Waals surface area contributed by atoms with E-state index < -0.39 is 0 Å². The minimum absolute atomic E-state index is 0.115. The number of hydrogen-bond donors (Lipinski definition) is 2. The number of nitrogens with zero attached hydrogens (tertiary/aromatic N) is 4. The standard InChI is InChI=1S/C23H29N5O/c1-23(2,24)9-10-27-11-13-28(14-12-27)22-16-25-20-8-5-18(15-21(20)26-22)17-3-6-19(29)7-4-17/h3-8,15-16,29H,9-14,24H2,1-2H3. The van der Waals surface area contributed by atoms with Crippen LogP contribution >= 0.6 is 0 Å². The summed E-state index contributed by atoms with van der Waals surface area (Å²) in [6.45, 7) is 9.13. The lowest BCUT2D eigenvalue weighted by Gasteiger charge is -2.36. The molecule has 1 aliphatic heterocycles. The molecule has 0 aliphatic carbocycles. The maximum absolute atomic E-state index is 9.51. The summed E-state index contributed by atoms with van der Waals surface area (Å²) in [5, 5.41) is 9.51. The highest BCUT2D eigenvalue weighted by atomic mass is 16.3. The molecule has 6 nitrogen and oxygen atoms in total. The molecule has 0 amide bonds. The highest BCUT2D eigenvalue weighted by Gasteiger charge is 2.20. The summed E-state index contributed by atoms with van der Waals surface area (Å²) in [5.74, 6) is 1.20. The molecule has 1 saturated heterocycles. The van der Waals surface area contributed by atoms with Crippen LogP contribution in [-0.4, -0.2) is 58.2 Å². The van der Waals surface area contributed by atoms with Crippen LogP contribution in [0, 0.1) is 0 Å². The lowest BCUT2D eigenvalue weighted by molar-refractivity contribution is 0.235. The molecule has 4 rings (SSSR count). The molecule has 29 heavy (non-hydrogen) atoms. The van der Waals surface area contributed by atoms with Gasteiger partial charge in [0.15, 0.2) is 0 Å². The summed E-state index contributed by atoms with van der Waals surface area (Å²) in [7, 11) is 0. The lowest BCUT2D eigenvalue weighted by atomic mass is 10.0. The number of anilines is 1. The average Bonchev–Trinajstić information content (AvgIpc) is 2.72. The molecule has 1 aromatic heterocycles. The van der Waals surface area contributed by atoms with Gasteiger partial charge in [0.2, 0.25) is 0 Å². The second-order valence-electron chi connectivity index (χ2n) is 8.55. The van der Waals surface area contributed by atoms with Crippen LogP contribution in [0.25, 0.3) is 22.2 Å². The van der Waals surface area contributed by atoms with Gasteiger partial charge in [-0.3, -0.25) is 9.88 Å². The maximum Gasteiger partial charge on any atom is 0.147 e. The van der Waals surface area contributed by atoms with Gasteiger partial charge in [0.05, 0.1) is 17.2 Å². The Hall–Kier alpha value is -2.70. The molecule has 3 aromatic rings. The lowest BCUT2D eigenvalue weighted by Crippen LogP contribution is -2.48. The summed E-state index contributed by atoms with van der Waals surface area (Å²) in [4.78, 5) is 14.3. The number of hydrogen-bond acceptors (Lipinski definition) is 6. The maximum atomic E-state index is 9.51. The molecule has 1 fully saturated rings. The van der Waals surface area contributed by atoms with Gasteiger partial charge >= 0.3 is 0 Å². The van der Waals surface area contributed by atoms with Gasteiger partial charge < -0.3 is 15.7 Å². The van der Waals surface area contributed by atoms with E-state index in [1.54, 1.807) is 12.1 Å². The fourth-order valence-corrected chi connectivity index (χ4v) is 3.63. The van der Waals surface area contributed by atoms with Crippen LogP contribution in [0.1, 0.15) is 20.3 Å². The molecule has 0 bridgehead atoms. The van der Waals surface area contributed by atoms with Crippen LogP contribution in [0.5, 0.6) is 5.75 Å². The topological polar surface area (TPSA) is 78.5 Å². The van der Waals surface area contributed by atoms with Crippen molar-refractivity contribution >= 4 is 16.9 Å². The number of rotatable bonds is 5. The van der Waals surface area contributed by atoms with Gasteiger partial charge in [-0.15, -0.1) is 0 Å². The summed E-state index contributed by atoms with van der Waals surface area (Å²) in [6, 6.07) is 13.3. The van der Waals surface area contributed by atoms with E-state index >= 15 is 0 Å². The van der Waals surface area contributed by atoms with Crippen molar-refractivity contribution in [2.24, 2.45) is 5.73 Å². The number of benzene rings is 2. The van der Waals surface area contributed by atoms with E-state index in [0.29, 0.717) is 0 Å². The van der Waals surface area contributed by atoms with Gasteiger partial charge in [-0.1, -0.05) is 18.2 Å². The first-order valence-electron chi connectivity index (χ1n) is 10.2. The van der Waals surface area contributed by atoms with Crippen molar-refractivity contribution < 1.29 is 5.11 Å². The Morgan fingerprint density at radius 2 is 1.66 bits per heavy atom. The van der Waals surface area contributed by atoms with Crippen LogP contribution in [0.3, 0.4) is 0 Å². The molecule has 6 heteroatoms. The zero-order chi connectivity index (χ0) is 20.4. The number of piperazine rings is 1. The smallest absolute Gasteiger partial charge is 0.147 e. The van der Waals surface area contributed by atoms with E-state index in [1.165, 1.54) is 0 Å². The third kappa shape index (κ3) is 4.83. The molecule has 3 N–H and O–H groups in total. The molecular formula is C23H29N5O. The quantitative estimate of drug-likeness (QED) is 0.695. The van der Waals surface area contributed by atoms with Gasteiger partial charge in [0, 0.05) is 38.3 Å². The molecule has 0 saturated carbocycles. The zero-order valence-corrected chi connectivity index (χ0v) is 17.2. The van der Waals surface area contributed by atoms with Crippen molar-refractivity contribution in [1.29, 1.82) is 0 Å². The number of phenols is 1. The van der Waals surface area contributed by atoms with Crippen LogP contribution in [0.2, 0.25) is 0 Å². The Morgan fingerprint density at radius 1 is 0.966 bits per heavy atom. The average molecular weight is 392 g/mol. The van der Waals surface area contributed by atoms with E-state index in [2.05, 4.69) is 34.7 Å². The van der Waals surface area contributed by atoms with Crippen molar-refractivity contribution in [1.82, 2.24) is 14.9 Å². The van der Waals surface area contributed by atoms with Gasteiger partial charge in [0.1, 0.15) is 11.6 Å². The van der Waals surface area contributed by atoms with Crippen molar-refractivity contribution in [3.63, 3.8) is 0 Å². The first-order chi connectivity index (χ1) is 13.9. The highest BCUT2D eigenvalue weighted by molar-refractivity contribution is 5.82. The Bertz CT molecular complexity index is 973. The Labute approximate surface area is 172 Å². The third-order valence-corrected chi connectivity index (χ3v) is 5.50. The van der Waals surface area contributed by atoms with Crippen molar-refractivity contribution in [2.75, 3.05) is 37.6 Å². The molecule has 152 valence electrons.